The topological polar surface area (TPSA) is 58.6 Å². The minimum atomic E-state index is -0.817. The van der Waals surface area contributed by atoms with E-state index < -0.39 is 17.3 Å². The molecule has 4 heteroatoms. The molecule has 2 N–H and O–H groups in total. The fourth-order valence-electron chi connectivity index (χ4n) is 3.29. The van der Waals surface area contributed by atoms with Crippen molar-refractivity contribution in [2.24, 2.45) is 17.8 Å². The second-order valence-electron chi connectivity index (χ2n) is 7.70. The van der Waals surface area contributed by atoms with E-state index in [1.54, 1.807) is 0 Å². The quantitative estimate of drug-likeness (QED) is 0.836. The Bertz CT molecular complexity index is 335. The van der Waals surface area contributed by atoms with Gasteiger partial charge in [-0.15, -0.1) is 0 Å². The van der Waals surface area contributed by atoms with Crippen LogP contribution in [0.2, 0.25) is 0 Å². The third kappa shape index (κ3) is 4.97. The predicted molar refractivity (Wildman–Crippen MR) is 80.5 cm³/mol. The van der Waals surface area contributed by atoms with E-state index in [-0.39, 0.29) is 12.5 Å². The second kappa shape index (κ2) is 6.33. The molecular formula is C16H31NO3. The van der Waals surface area contributed by atoms with E-state index in [1.807, 2.05) is 20.8 Å². The summed E-state index contributed by atoms with van der Waals surface area (Å²) in [6, 6.07) is 0. The fourth-order valence-corrected chi connectivity index (χ4v) is 3.29. The molecule has 118 valence electrons. The van der Waals surface area contributed by atoms with Gasteiger partial charge in [0.15, 0.2) is 0 Å². The van der Waals surface area contributed by atoms with Crippen LogP contribution in [-0.2, 0) is 4.74 Å². The molecule has 4 nitrogen and oxygen atoms in total. The van der Waals surface area contributed by atoms with E-state index in [4.69, 9.17) is 4.74 Å². The molecule has 1 fully saturated rings. The van der Waals surface area contributed by atoms with E-state index in [9.17, 15) is 9.90 Å². The Morgan fingerprint density at radius 3 is 2.50 bits per heavy atom. The number of alkyl carbamates (subject to hydrolysis) is 1. The van der Waals surface area contributed by atoms with Crippen LogP contribution >= 0.6 is 0 Å². The Kier molecular flexibility index (Phi) is 5.47. The monoisotopic (exact) mass is 285 g/mol. The first kappa shape index (κ1) is 17.3. The van der Waals surface area contributed by atoms with Crippen molar-refractivity contribution < 1.29 is 14.6 Å². The number of carbonyl (C=O) groups excluding carboxylic acids is 1. The van der Waals surface area contributed by atoms with Crippen molar-refractivity contribution in [2.45, 2.75) is 72.0 Å². The maximum atomic E-state index is 11.8. The first-order valence-corrected chi connectivity index (χ1v) is 7.73. The lowest BCUT2D eigenvalue weighted by Gasteiger charge is -2.44. The van der Waals surface area contributed by atoms with E-state index in [0.29, 0.717) is 11.8 Å². The molecule has 0 unspecified atom stereocenters. The molecule has 3 atom stereocenters. The summed E-state index contributed by atoms with van der Waals surface area (Å²) in [5, 5.41) is 13.7. The number of hydrogen-bond donors (Lipinski definition) is 2. The van der Waals surface area contributed by atoms with Gasteiger partial charge in [0, 0.05) is 6.54 Å². The normalized spacial score (nSPS) is 31.2. The van der Waals surface area contributed by atoms with Crippen LogP contribution in [0.25, 0.3) is 0 Å². The van der Waals surface area contributed by atoms with Crippen molar-refractivity contribution in [3.63, 3.8) is 0 Å². The third-order valence-corrected chi connectivity index (χ3v) is 4.11. The van der Waals surface area contributed by atoms with Crippen molar-refractivity contribution in [1.82, 2.24) is 5.32 Å². The maximum absolute atomic E-state index is 11.8. The highest BCUT2D eigenvalue weighted by Gasteiger charge is 2.43. The molecule has 1 saturated carbocycles. The van der Waals surface area contributed by atoms with Crippen molar-refractivity contribution in [2.75, 3.05) is 6.54 Å². The molecule has 0 spiro atoms. The van der Waals surface area contributed by atoms with Crippen LogP contribution in [0, 0.1) is 17.8 Å². The van der Waals surface area contributed by atoms with Gasteiger partial charge in [-0.1, -0.05) is 27.2 Å². The molecule has 0 aromatic heterocycles. The van der Waals surface area contributed by atoms with Crippen molar-refractivity contribution in [1.29, 1.82) is 0 Å². The molecule has 20 heavy (non-hydrogen) atoms. The fraction of sp³-hybridized carbons (Fsp3) is 0.938. The molecule has 1 amide bonds. The summed E-state index contributed by atoms with van der Waals surface area (Å²) in [5.74, 6) is 1.14. The van der Waals surface area contributed by atoms with Crippen molar-refractivity contribution in [3.8, 4) is 0 Å². The third-order valence-electron chi connectivity index (χ3n) is 4.11. The van der Waals surface area contributed by atoms with Crippen LogP contribution < -0.4 is 5.32 Å². The van der Waals surface area contributed by atoms with Gasteiger partial charge >= 0.3 is 6.09 Å². The van der Waals surface area contributed by atoms with Gasteiger partial charge in [0.1, 0.15) is 5.60 Å². The lowest BCUT2D eigenvalue weighted by molar-refractivity contribution is -0.0784. The lowest BCUT2D eigenvalue weighted by Crippen LogP contribution is -2.53. The molecule has 0 bridgehead atoms. The van der Waals surface area contributed by atoms with Crippen LogP contribution in [0.3, 0.4) is 0 Å². The van der Waals surface area contributed by atoms with Crippen LogP contribution in [-0.4, -0.2) is 28.9 Å². The van der Waals surface area contributed by atoms with E-state index in [0.717, 1.165) is 19.3 Å². The van der Waals surface area contributed by atoms with Crippen LogP contribution in [0.15, 0.2) is 0 Å². The standard InChI is InChI=1S/C16H31NO3/c1-11(2)13-8-7-12(3)9-16(13,19)10-17-14(18)20-15(4,5)6/h11-13,19H,7-10H2,1-6H3,(H,17,18)/t12-,13+,16+/m1/s1. The molecule has 0 aliphatic heterocycles. The molecule has 0 radical (unpaired) electrons. The highest BCUT2D eigenvalue weighted by Crippen LogP contribution is 2.40. The smallest absolute Gasteiger partial charge is 0.407 e. The van der Waals surface area contributed by atoms with E-state index in [1.165, 1.54) is 0 Å². The van der Waals surface area contributed by atoms with Gasteiger partial charge < -0.3 is 15.2 Å². The van der Waals surface area contributed by atoms with Crippen LogP contribution in [0.5, 0.6) is 0 Å². The molecule has 0 saturated heterocycles. The van der Waals surface area contributed by atoms with Crippen molar-refractivity contribution in [3.05, 3.63) is 0 Å². The van der Waals surface area contributed by atoms with Crippen molar-refractivity contribution >= 4 is 6.09 Å². The summed E-state index contributed by atoms with van der Waals surface area (Å²) in [5.41, 5.74) is -1.33. The molecular weight excluding hydrogens is 254 g/mol. The Hall–Kier alpha value is -0.770. The molecule has 0 heterocycles. The SMILES string of the molecule is CC(C)[C@@H]1CC[C@@H](C)C[C@]1(O)CNC(=O)OC(C)(C)C. The molecule has 1 aliphatic carbocycles. The summed E-state index contributed by atoms with van der Waals surface area (Å²) < 4.78 is 5.24. The Morgan fingerprint density at radius 1 is 1.40 bits per heavy atom. The first-order chi connectivity index (χ1) is 9.03. The second-order valence-corrected chi connectivity index (χ2v) is 7.70. The van der Waals surface area contributed by atoms with E-state index >= 15 is 0 Å². The zero-order valence-electron chi connectivity index (χ0n) is 13.8. The minimum Gasteiger partial charge on any atom is -0.444 e. The number of amides is 1. The van der Waals surface area contributed by atoms with Gasteiger partial charge in [-0.2, -0.15) is 0 Å². The molecule has 0 aromatic rings. The van der Waals surface area contributed by atoms with E-state index in [2.05, 4.69) is 26.1 Å². The number of carbonyl (C=O) groups is 1. The Morgan fingerprint density at radius 2 is 2.00 bits per heavy atom. The lowest BCUT2D eigenvalue weighted by atomic mass is 9.67. The van der Waals surface area contributed by atoms with Gasteiger partial charge in [0.05, 0.1) is 5.60 Å². The average molecular weight is 285 g/mol. The number of ether oxygens (including phenoxy) is 1. The number of aliphatic hydroxyl groups is 1. The Labute approximate surface area is 123 Å². The zero-order valence-corrected chi connectivity index (χ0v) is 13.8. The maximum Gasteiger partial charge on any atom is 0.407 e. The van der Waals surface area contributed by atoms with Gasteiger partial charge in [-0.25, -0.2) is 4.79 Å². The predicted octanol–water partition coefficient (Wildman–Crippen LogP) is 3.33. The summed E-state index contributed by atoms with van der Waals surface area (Å²) >= 11 is 0. The molecule has 1 aliphatic rings. The summed E-state index contributed by atoms with van der Waals surface area (Å²) in [4.78, 5) is 11.8. The highest BCUT2D eigenvalue weighted by molar-refractivity contribution is 5.67. The molecule has 1 rings (SSSR count). The number of rotatable bonds is 3. The van der Waals surface area contributed by atoms with Gasteiger partial charge in [0.25, 0.3) is 0 Å². The number of hydrogen-bond acceptors (Lipinski definition) is 3. The van der Waals surface area contributed by atoms with Gasteiger partial charge in [0.2, 0.25) is 0 Å². The van der Waals surface area contributed by atoms with Gasteiger partial charge in [-0.3, -0.25) is 0 Å². The number of nitrogens with one attached hydrogen (secondary N) is 1. The first-order valence-electron chi connectivity index (χ1n) is 7.73. The van der Waals surface area contributed by atoms with Crippen LogP contribution in [0.4, 0.5) is 4.79 Å². The molecule has 0 aromatic carbocycles. The summed E-state index contributed by atoms with van der Waals surface area (Å²) in [6.45, 7) is 12.2. The highest BCUT2D eigenvalue weighted by atomic mass is 16.6. The van der Waals surface area contributed by atoms with Gasteiger partial charge in [-0.05, 0) is 51.4 Å². The zero-order chi connectivity index (χ0) is 15.6. The summed E-state index contributed by atoms with van der Waals surface area (Å²) in [6.07, 6.45) is 2.46. The largest absolute Gasteiger partial charge is 0.444 e. The van der Waals surface area contributed by atoms with Crippen LogP contribution in [0.1, 0.15) is 60.8 Å². The summed E-state index contributed by atoms with van der Waals surface area (Å²) in [7, 11) is 0. The Balaban J connectivity index is 2.63. The average Bonchev–Trinajstić information content (AvgIpc) is 2.23. The minimum absolute atomic E-state index is 0.230.